The number of nitrogens with zero attached hydrogens (tertiary/aromatic N) is 1. The molecule has 0 spiro atoms. The molecule has 0 bridgehead atoms. The maximum atomic E-state index is 3.92. The predicted octanol–water partition coefficient (Wildman–Crippen LogP) is 4.21. The molecule has 1 atom stereocenters. The maximum absolute atomic E-state index is 3.92. The monoisotopic (exact) mass is 314 g/mol. The first kappa shape index (κ1) is 14.7. The average molecular weight is 314 g/mol. The molecule has 22 heavy (non-hydrogen) atoms. The molecule has 0 amide bonds. The van der Waals surface area contributed by atoms with Crippen LogP contribution in [0.15, 0.2) is 24.3 Å². The zero-order valence-corrected chi connectivity index (χ0v) is 14.3. The van der Waals surface area contributed by atoms with Gasteiger partial charge in [-0.2, -0.15) is 0 Å². The van der Waals surface area contributed by atoms with Crippen molar-refractivity contribution in [1.29, 1.82) is 0 Å². The topological polar surface area (TPSA) is 15.3 Å². The Morgan fingerprint density at radius 1 is 1.18 bits per heavy atom. The summed E-state index contributed by atoms with van der Waals surface area (Å²) in [7, 11) is 2.24. The van der Waals surface area contributed by atoms with E-state index >= 15 is 0 Å². The highest BCUT2D eigenvalue weighted by Crippen LogP contribution is 2.41. The van der Waals surface area contributed by atoms with Gasteiger partial charge in [0.15, 0.2) is 0 Å². The summed E-state index contributed by atoms with van der Waals surface area (Å²) >= 11 is 2.02. The lowest BCUT2D eigenvalue weighted by molar-refractivity contribution is 0.211. The van der Waals surface area contributed by atoms with Gasteiger partial charge in [-0.25, -0.2) is 0 Å². The van der Waals surface area contributed by atoms with E-state index in [0.29, 0.717) is 6.04 Å². The van der Waals surface area contributed by atoms with Crippen LogP contribution in [0.2, 0.25) is 0 Å². The lowest BCUT2D eigenvalue weighted by atomic mass is 9.91. The minimum Gasteiger partial charge on any atom is -0.309 e. The number of likely N-dealkylation sites (tertiary alicyclic amines) is 1. The van der Waals surface area contributed by atoms with Crippen LogP contribution in [0.4, 0.5) is 0 Å². The predicted molar refractivity (Wildman–Crippen MR) is 95.7 cm³/mol. The van der Waals surface area contributed by atoms with E-state index in [1.54, 1.807) is 10.4 Å². The molecule has 1 aromatic heterocycles. The number of hydrogen-bond acceptors (Lipinski definition) is 3. The Hall–Kier alpha value is -0.900. The van der Waals surface area contributed by atoms with Gasteiger partial charge >= 0.3 is 0 Å². The van der Waals surface area contributed by atoms with Gasteiger partial charge in [0.25, 0.3) is 0 Å². The van der Waals surface area contributed by atoms with Crippen molar-refractivity contribution >= 4 is 21.4 Å². The van der Waals surface area contributed by atoms with Crippen LogP contribution in [0.3, 0.4) is 0 Å². The molecule has 4 rings (SSSR count). The highest BCUT2D eigenvalue weighted by molar-refractivity contribution is 7.19. The summed E-state index contributed by atoms with van der Waals surface area (Å²) in [5, 5.41) is 5.42. The fraction of sp³-hybridized carbons (Fsp3) is 0.579. The number of benzene rings is 1. The van der Waals surface area contributed by atoms with Gasteiger partial charge < -0.3 is 10.2 Å². The molecule has 2 nitrogen and oxygen atoms in total. The summed E-state index contributed by atoms with van der Waals surface area (Å²) < 4.78 is 1.47. The summed E-state index contributed by atoms with van der Waals surface area (Å²) in [6.07, 6.45) is 6.63. The highest BCUT2D eigenvalue weighted by atomic mass is 32.1. The highest BCUT2D eigenvalue weighted by Gasteiger charge is 2.25. The van der Waals surface area contributed by atoms with E-state index in [0.717, 1.165) is 5.92 Å². The fourth-order valence-corrected chi connectivity index (χ4v) is 5.40. The zero-order chi connectivity index (χ0) is 14.9. The van der Waals surface area contributed by atoms with E-state index in [9.17, 15) is 0 Å². The summed E-state index contributed by atoms with van der Waals surface area (Å²) in [5.41, 5.74) is 1.63. The van der Waals surface area contributed by atoms with Gasteiger partial charge in [0.05, 0.1) is 0 Å². The van der Waals surface area contributed by atoms with Gasteiger partial charge in [-0.3, -0.25) is 0 Å². The third kappa shape index (κ3) is 2.82. The summed E-state index contributed by atoms with van der Waals surface area (Å²) in [6, 6.07) is 9.55. The van der Waals surface area contributed by atoms with E-state index in [1.165, 1.54) is 61.8 Å². The van der Waals surface area contributed by atoms with Crippen molar-refractivity contribution in [3.8, 4) is 0 Å². The smallest absolute Gasteiger partial charge is 0.0418 e. The minimum absolute atomic E-state index is 0.598. The van der Waals surface area contributed by atoms with Gasteiger partial charge in [-0.1, -0.05) is 18.2 Å². The van der Waals surface area contributed by atoms with Crippen molar-refractivity contribution < 1.29 is 0 Å². The Kier molecular flexibility index (Phi) is 4.21. The first-order valence-corrected chi connectivity index (χ1v) is 9.55. The molecule has 1 unspecified atom stereocenters. The second-order valence-electron chi connectivity index (χ2n) is 7.04. The van der Waals surface area contributed by atoms with Crippen LogP contribution < -0.4 is 5.32 Å². The van der Waals surface area contributed by atoms with Crippen molar-refractivity contribution in [1.82, 2.24) is 10.2 Å². The SMILES string of the molecule is CN1CCC(CNC2CCCc3c2sc2ccccc32)CC1. The summed E-state index contributed by atoms with van der Waals surface area (Å²) in [4.78, 5) is 4.08. The van der Waals surface area contributed by atoms with Crippen LogP contribution in [0.5, 0.6) is 0 Å². The number of fused-ring (bicyclic) bond motifs is 3. The first-order chi connectivity index (χ1) is 10.8. The Labute approximate surface area is 137 Å². The van der Waals surface area contributed by atoms with Gasteiger partial charge in [-0.15, -0.1) is 11.3 Å². The number of rotatable bonds is 3. The first-order valence-electron chi connectivity index (χ1n) is 8.73. The molecule has 1 aliphatic carbocycles. The Balaban J connectivity index is 1.48. The van der Waals surface area contributed by atoms with Crippen LogP contribution in [-0.2, 0) is 6.42 Å². The largest absolute Gasteiger partial charge is 0.309 e. The number of hydrogen-bond donors (Lipinski definition) is 1. The van der Waals surface area contributed by atoms with Crippen molar-refractivity contribution in [3.63, 3.8) is 0 Å². The minimum atomic E-state index is 0.598. The molecule has 1 aliphatic heterocycles. The Bertz CT molecular complexity index is 640. The number of aryl methyl sites for hydroxylation is 1. The third-order valence-electron chi connectivity index (χ3n) is 5.46. The van der Waals surface area contributed by atoms with E-state index in [2.05, 4.69) is 41.5 Å². The van der Waals surface area contributed by atoms with Crippen LogP contribution in [0, 0.1) is 5.92 Å². The molecule has 2 aromatic rings. The molecule has 118 valence electrons. The summed E-state index contributed by atoms with van der Waals surface area (Å²) in [5.74, 6) is 0.871. The zero-order valence-electron chi connectivity index (χ0n) is 13.5. The van der Waals surface area contributed by atoms with Crippen LogP contribution >= 0.6 is 11.3 Å². The summed E-state index contributed by atoms with van der Waals surface area (Å²) in [6.45, 7) is 3.74. The van der Waals surface area contributed by atoms with Crippen LogP contribution in [-0.4, -0.2) is 31.6 Å². The molecule has 3 heteroatoms. The second kappa shape index (κ2) is 6.31. The molecule has 1 N–H and O–H groups in total. The van der Waals surface area contributed by atoms with Crippen LogP contribution in [0.1, 0.15) is 42.2 Å². The van der Waals surface area contributed by atoms with Gasteiger partial charge in [0, 0.05) is 15.6 Å². The van der Waals surface area contributed by atoms with Gasteiger partial charge in [0.1, 0.15) is 0 Å². The fourth-order valence-electron chi connectivity index (χ4n) is 4.04. The molecular formula is C19H26N2S. The van der Waals surface area contributed by atoms with Gasteiger partial charge in [0.2, 0.25) is 0 Å². The van der Waals surface area contributed by atoms with Crippen LogP contribution in [0.25, 0.3) is 10.1 Å². The lowest BCUT2D eigenvalue weighted by Crippen LogP contribution is -2.36. The van der Waals surface area contributed by atoms with E-state index in [4.69, 9.17) is 0 Å². The molecule has 0 saturated carbocycles. The average Bonchev–Trinajstić information content (AvgIpc) is 2.94. The van der Waals surface area contributed by atoms with Crippen molar-refractivity contribution in [2.45, 2.75) is 38.1 Å². The third-order valence-corrected chi connectivity index (χ3v) is 6.78. The lowest BCUT2D eigenvalue weighted by Gasteiger charge is -2.31. The second-order valence-corrected chi connectivity index (χ2v) is 8.12. The Morgan fingerprint density at radius 3 is 2.86 bits per heavy atom. The molecular weight excluding hydrogens is 288 g/mol. The quantitative estimate of drug-likeness (QED) is 0.913. The van der Waals surface area contributed by atoms with E-state index < -0.39 is 0 Å². The standard InChI is InChI=1S/C19H26N2S/c1-21-11-9-14(10-12-21)13-20-17-7-4-6-16-15-5-2-3-8-18(15)22-19(16)17/h2-3,5,8,14,17,20H,4,6-7,9-13H2,1H3. The number of thiophene rings is 1. The molecule has 1 aromatic carbocycles. The Morgan fingerprint density at radius 2 is 2.00 bits per heavy atom. The normalized spacial score (nSPS) is 23.8. The number of piperidine rings is 1. The molecule has 1 saturated heterocycles. The van der Waals surface area contributed by atoms with Gasteiger partial charge in [-0.05, 0) is 81.7 Å². The maximum Gasteiger partial charge on any atom is 0.0418 e. The number of nitrogens with one attached hydrogen (secondary N) is 1. The van der Waals surface area contributed by atoms with Crippen molar-refractivity contribution in [2.24, 2.45) is 5.92 Å². The molecule has 2 aliphatic rings. The van der Waals surface area contributed by atoms with E-state index in [1.807, 2.05) is 11.3 Å². The van der Waals surface area contributed by atoms with Crippen molar-refractivity contribution in [3.05, 3.63) is 34.7 Å². The molecule has 0 radical (unpaired) electrons. The van der Waals surface area contributed by atoms with Crippen molar-refractivity contribution in [2.75, 3.05) is 26.7 Å². The molecule has 2 heterocycles. The van der Waals surface area contributed by atoms with E-state index in [-0.39, 0.29) is 0 Å². The molecule has 1 fully saturated rings.